The number of hydrogen-bond donors (Lipinski definition) is 1. The zero-order chi connectivity index (χ0) is 12.6. The van der Waals surface area contributed by atoms with Gasteiger partial charge >= 0.3 is 5.97 Å². The number of aromatic carboxylic acids is 1. The number of aromatic nitrogens is 2. The Bertz CT molecular complexity index is 664. The molecule has 0 spiro atoms. The average molecular weight is 297 g/mol. The fourth-order valence-electron chi connectivity index (χ4n) is 1.65. The normalized spacial score (nSPS) is 10.7. The molecule has 0 fully saturated rings. The van der Waals surface area contributed by atoms with Crippen LogP contribution in [-0.2, 0) is 6.54 Å². The van der Waals surface area contributed by atoms with Crippen molar-refractivity contribution in [2.24, 2.45) is 0 Å². The van der Waals surface area contributed by atoms with Crippen LogP contribution in [0.1, 0.15) is 17.3 Å². The second-order valence-corrected chi connectivity index (χ2v) is 4.40. The van der Waals surface area contributed by atoms with Gasteiger partial charge in [-0.15, -0.1) is 0 Å². The lowest BCUT2D eigenvalue weighted by Crippen LogP contribution is -2.19. The third-order valence-electron chi connectivity index (χ3n) is 2.46. The van der Waals surface area contributed by atoms with E-state index in [4.69, 9.17) is 5.11 Å². The van der Waals surface area contributed by atoms with Crippen LogP contribution in [0.2, 0.25) is 0 Å². The summed E-state index contributed by atoms with van der Waals surface area (Å²) in [5, 5.41) is 8.95. The van der Waals surface area contributed by atoms with E-state index in [1.165, 1.54) is 12.4 Å². The van der Waals surface area contributed by atoms with Crippen molar-refractivity contribution in [3.8, 4) is 0 Å². The fourth-order valence-corrected chi connectivity index (χ4v) is 1.97. The summed E-state index contributed by atoms with van der Waals surface area (Å²) in [5.74, 6) is -1.23. The highest BCUT2D eigenvalue weighted by atomic mass is 79.9. The van der Waals surface area contributed by atoms with E-state index in [0.29, 0.717) is 12.1 Å². The Morgan fingerprint density at radius 1 is 1.59 bits per heavy atom. The first kappa shape index (κ1) is 11.8. The summed E-state index contributed by atoms with van der Waals surface area (Å²) in [6, 6.07) is 1.75. The number of pyridine rings is 2. The van der Waals surface area contributed by atoms with Crippen LogP contribution in [-0.4, -0.2) is 20.6 Å². The van der Waals surface area contributed by atoms with Crippen LogP contribution in [0, 0.1) is 0 Å². The van der Waals surface area contributed by atoms with Gasteiger partial charge in [0.05, 0.1) is 5.52 Å². The highest BCUT2D eigenvalue weighted by Crippen LogP contribution is 2.15. The van der Waals surface area contributed by atoms with Crippen LogP contribution >= 0.6 is 15.9 Å². The lowest BCUT2D eigenvalue weighted by Gasteiger charge is -2.09. The van der Waals surface area contributed by atoms with E-state index in [-0.39, 0.29) is 11.1 Å². The van der Waals surface area contributed by atoms with Crippen molar-refractivity contribution in [2.75, 3.05) is 0 Å². The van der Waals surface area contributed by atoms with Gasteiger partial charge in [-0.25, -0.2) is 9.78 Å². The Morgan fingerprint density at radius 2 is 2.29 bits per heavy atom. The summed E-state index contributed by atoms with van der Waals surface area (Å²) in [6.45, 7) is 2.44. The molecular formula is C11H9BrN2O3. The maximum absolute atomic E-state index is 11.9. The Labute approximate surface area is 105 Å². The molecule has 2 rings (SSSR count). The summed E-state index contributed by atoms with van der Waals surface area (Å²) < 4.78 is 2.44. The molecule has 2 aromatic heterocycles. The number of carboxylic acid groups (broad SMARTS) is 1. The molecule has 0 bridgehead atoms. The lowest BCUT2D eigenvalue weighted by molar-refractivity contribution is 0.0695. The number of fused-ring (bicyclic) bond motifs is 1. The molecule has 0 saturated carbocycles. The minimum absolute atomic E-state index is 0.176. The second kappa shape index (κ2) is 4.29. The summed E-state index contributed by atoms with van der Waals surface area (Å²) in [6.07, 6.45) is 2.83. The Morgan fingerprint density at radius 3 is 2.88 bits per heavy atom. The van der Waals surface area contributed by atoms with Gasteiger partial charge in [-0.1, -0.05) is 0 Å². The second-order valence-electron chi connectivity index (χ2n) is 3.48. The van der Waals surface area contributed by atoms with Crippen LogP contribution < -0.4 is 5.43 Å². The summed E-state index contributed by atoms with van der Waals surface area (Å²) in [4.78, 5) is 26.8. The molecule has 0 unspecified atom stereocenters. The van der Waals surface area contributed by atoms with Gasteiger partial charge in [0, 0.05) is 23.4 Å². The van der Waals surface area contributed by atoms with E-state index in [1.807, 2.05) is 6.92 Å². The maximum Gasteiger partial charge on any atom is 0.341 e. The maximum atomic E-state index is 11.9. The van der Waals surface area contributed by atoms with Crippen LogP contribution in [0.25, 0.3) is 11.0 Å². The molecule has 0 aliphatic carbocycles. The van der Waals surface area contributed by atoms with Gasteiger partial charge < -0.3 is 9.67 Å². The first-order valence-corrected chi connectivity index (χ1v) is 5.76. The lowest BCUT2D eigenvalue weighted by atomic mass is 10.2. The molecule has 2 aromatic rings. The zero-order valence-corrected chi connectivity index (χ0v) is 10.6. The summed E-state index contributed by atoms with van der Waals surface area (Å²) in [7, 11) is 0. The average Bonchev–Trinajstić information content (AvgIpc) is 2.29. The van der Waals surface area contributed by atoms with Crippen molar-refractivity contribution in [2.45, 2.75) is 13.5 Å². The van der Waals surface area contributed by atoms with Crippen molar-refractivity contribution in [1.29, 1.82) is 0 Å². The van der Waals surface area contributed by atoms with E-state index in [0.717, 1.165) is 4.47 Å². The molecule has 6 heteroatoms. The smallest absolute Gasteiger partial charge is 0.341 e. The van der Waals surface area contributed by atoms with Crippen LogP contribution in [0.3, 0.4) is 0 Å². The SMILES string of the molecule is CCn1cc(C(=O)O)c(=O)c2ncc(Br)cc21. The topological polar surface area (TPSA) is 72.2 Å². The van der Waals surface area contributed by atoms with Crippen LogP contribution in [0.15, 0.2) is 27.7 Å². The number of halogens is 1. The molecule has 0 aromatic carbocycles. The first-order valence-electron chi connectivity index (χ1n) is 4.96. The number of carboxylic acids is 1. The Balaban J connectivity index is 2.95. The highest BCUT2D eigenvalue weighted by molar-refractivity contribution is 9.10. The third-order valence-corrected chi connectivity index (χ3v) is 2.89. The minimum atomic E-state index is -1.23. The van der Waals surface area contributed by atoms with Gasteiger partial charge in [0.15, 0.2) is 0 Å². The van der Waals surface area contributed by atoms with Crippen molar-refractivity contribution >= 4 is 32.9 Å². The molecule has 0 amide bonds. The monoisotopic (exact) mass is 296 g/mol. The standard InChI is InChI=1S/C11H9BrN2O3/c1-2-14-5-7(11(16)17)10(15)9-8(14)3-6(12)4-13-9/h3-5H,2H2,1H3,(H,16,17). The molecule has 1 N–H and O–H groups in total. The van der Waals surface area contributed by atoms with Gasteiger partial charge in [-0.05, 0) is 28.9 Å². The van der Waals surface area contributed by atoms with Crippen molar-refractivity contribution in [3.05, 3.63) is 38.7 Å². The van der Waals surface area contributed by atoms with E-state index in [1.54, 1.807) is 10.6 Å². The largest absolute Gasteiger partial charge is 0.477 e. The van der Waals surface area contributed by atoms with Gasteiger partial charge in [-0.3, -0.25) is 4.79 Å². The molecule has 0 radical (unpaired) electrons. The minimum Gasteiger partial charge on any atom is -0.477 e. The summed E-state index contributed by atoms with van der Waals surface area (Å²) >= 11 is 3.27. The molecule has 0 aliphatic heterocycles. The van der Waals surface area contributed by atoms with E-state index < -0.39 is 11.4 Å². The molecule has 2 heterocycles. The third kappa shape index (κ3) is 1.95. The van der Waals surface area contributed by atoms with Crippen LogP contribution in [0.4, 0.5) is 0 Å². The molecule has 5 nitrogen and oxygen atoms in total. The van der Waals surface area contributed by atoms with Crippen LogP contribution in [0.5, 0.6) is 0 Å². The number of nitrogens with zero attached hydrogens (tertiary/aromatic N) is 2. The number of carbonyl (C=O) groups is 1. The predicted molar refractivity (Wildman–Crippen MR) is 66.3 cm³/mol. The highest BCUT2D eigenvalue weighted by Gasteiger charge is 2.14. The molecule has 88 valence electrons. The van der Waals surface area contributed by atoms with E-state index >= 15 is 0 Å². The Kier molecular flexibility index (Phi) is 2.97. The van der Waals surface area contributed by atoms with Crippen molar-refractivity contribution in [1.82, 2.24) is 9.55 Å². The number of rotatable bonds is 2. The molecule has 0 atom stereocenters. The van der Waals surface area contributed by atoms with Gasteiger partial charge in [0.25, 0.3) is 0 Å². The van der Waals surface area contributed by atoms with Gasteiger partial charge in [-0.2, -0.15) is 0 Å². The molecule has 0 saturated heterocycles. The fraction of sp³-hybridized carbons (Fsp3) is 0.182. The molecular weight excluding hydrogens is 288 g/mol. The van der Waals surface area contributed by atoms with E-state index in [2.05, 4.69) is 20.9 Å². The predicted octanol–water partition coefficient (Wildman–Crippen LogP) is 1.88. The molecule has 0 aliphatic rings. The first-order chi connectivity index (χ1) is 8.04. The quantitative estimate of drug-likeness (QED) is 0.918. The summed E-state index contributed by atoms with van der Waals surface area (Å²) in [5.41, 5.74) is -0.00861. The number of hydrogen-bond acceptors (Lipinski definition) is 3. The number of aryl methyl sites for hydroxylation is 1. The van der Waals surface area contributed by atoms with Gasteiger partial charge in [0.1, 0.15) is 11.1 Å². The van der Waals surface area contributed by atoms with Crippen molar-refractivity contribution < 1.29 is 9.90 Å². The van der Waals surface area contributed by atoms with E-state index in [9.17, 15) is 9.59 Å². The zero-order valence-electron chi connectivity index (χ0n) is 8.98. The Hall–Kier alpha value is -1.69. The molecule has 17 heavy (non-hydrogen) atoms. The van der Waals surface area contributed by atoms with Crippen molar-refractivity contribution in [3.63, 3.8) is 0 Å². The van der Waals surface area contributed by atoms with Gasteiger partial charge in [0.2, 0.25) is 5.43 Å².